The topological polar surface area (TPSA) is 49.7 Å². The van der Waals surface area contributed by atoms with E-state index in [0.29, 0.717) is 23.3 Å². The minimum atomic E-state index is 0. The molecule has 2 aromatic rings. The van der Waals surface area contributed by atoms with E-state index in [0.717, 1.165) is 59.8 Å². The fraction of sp³-hybridized carbons (Fsp3) is 0.636. The molecule has 6 rings (SSSR count). The van der Waals surface area contributed by atoms with Gasteiger partial charge in [0, 0.05) is 13.2 Å². The van der Waals surface area contributed by atoms with Crippen molar-refractivity contribution in [3.8, 4) is 11.5 Å². The van der Waals surface area contributed by atoms with Gasteiger partial charge < -0.3 is 14.9 Å². The van der Waals surface area contributed by atoms with E-state index in [1.807, 2.05) is 26.0 Å². The number of hydrogen-bond donors (Lipinski definition) is 2. The van der Waals surface area contributed by atoms with Crippen molar-refractivity contribution in [1.82, 2.24) is 0 Å². The fourth-order valence-corrected chi connectivity index (χ4v) is 8.70. The maximum Gasteiger partial charge on any atom is 0.118 e. The molecular formula is C33H46O3. The second kappa shape index (κ2) is 10.4. The zero-order valence-electron chi connectivity index (χ0n) is 21.5. The van der Waals surface area contributed by atoms with Gasteiger partial charge in [0.05, 0.1) is 0 Å². The summed E-state index contributed by atoms with van der Waals surface area (Å²) in [6.07, 6.45) is 10.6. The molecule has 0 amide bonds. The van der Waals surface area contributed by atoms with Gasteiger partial charge in [0.2, 0.25) is 0 Å². The SMILES string of the molecule is C.Cc1cc(C2CC3CC2CC3CCOCCC2CC3CC2CC3c2ccc(O)c(C)c2)ccc1O. The van der Waals surface area contributed by atoms with Crippen LogP contribution >= 0.6 is 0 Å². The highest BCUT2D eigenvalue weighted by Gasteiger charge is 2.47. The van der Waals surface area contributed by atoms with Crippen molar-refractivity contribution < 1.29 is 14.9 Å². The molecule has 0 aromatic heterocycles. The molecule has 3 heteroatoms. The molecule has 2 aromatic carbocycles. The summed E-state index contributed by atoms with van der Waals surface area (Å²) in [6.45, 7) is 5.90. The van der Waals surface area contributed by atoms with E-state index in [2.05, 4.69) is 24.3 Å². The van der Waals surface area contributed by atoms with Crippen LogP contribution in [0.5, 0.6) is 11.5 Å². The van der Waals surface area contributed by atoms with Gasteiger partial charge in [0.15, 0.2) is 0 Å². The van der Waals surface area contributed by atoms with Crippen molar-refractivity contribution in [1.29, 1.82) is 0 Å². The third-order valence-electron chi connectivity index (χ3n) is 10.6. The third kappa shape index (κ3) is 4.80. The molecule has 4 aliphatic rings. The molecule has 0 aliphatic heterocycles. The molecule has 4 saturated carbocycles. The molecule has 0 heterocycles. The second-order valence-corrected chi connectivity index (χ2v) is 12.5. The summed E-state index contributed by atoms with van der Waals surface area (Å²) in [7, 11) is 0. The van der Waals surface area contributed by atoms with E-state index in [4.69, 9.17) is 4.74 Å². The first kappa shape index (κ1) is 25.6. The van der Waals surface area contributed by atoms with Gasteiger partial charge in [0.1, 0.15) is 11.5 Å². The number of hydrogen-bond acceptors (Lipinski definition) is 3. The third-order valence-corrected chi connectivity index (χ3v) is 10.6. The minimum absolute atomic E-state index is 0. The van der Waals surface area contributed by atoms with Crippen molar-refractivity contribution in [3.05, 3.63) is 58.7 Å². The molecule has 2 N–H and O–H groups in total. The van der Waals surface area contributed by atoms with Gasteiger partial charge in [-0.1, -0.05) is 31.7 Å². The first-order valence-corrected chi connectivity index (χ1v) is 14.1. The standard InChI is InChI=1S/C32H42O3.CH4/c1-19-11-23(3-5-31(19)33)29-17-25-15-27(29)13-21(25)7-9-35-10-8-22-14-28-16-26(22)18-30(28)24-4-6-32(34)20(2)12-24;/h3-6,11-12,21-22,25-30,33-34H,7-10,13-18H2,1-2H3;1H4. The first-order valence-electron chi connectivity index (χ1n) is 14.1. The summed E-state index contributed by atoms with van der Waals surface area (Å²) in [5, 5.41) is 19.7. The van der Waals surface area contributed by atoms with Crippen LogP contribution in [-0.2, 0) is 4.74 Å². The number of phenols is 2. The number of fused-ring (bicyclic) bond motifs is 4. The number of aromatic hydroxyl groups is 2. The van der Waals surface area contributed by atoms with Crippen LogP contribution in [0.1, 0.15) is 92.9 Å². The molecule has 196 valence electrons. The molecule has 0 radical (unpaired) electrons. The summed E-state index contributed by atoms with van der Waals surface area (Å²) in [4.78, 5) is 0. The average molecular weight is 491 g/mol. The van der Waals surface area contributed by atoms with E-state index in [1.54, 1.807) is 0 Å². The maximum absolute atomic E-state index is 9.86. The van der Waals surface area contributed by atoms with Crippen LogP contribution < -0.4 is 0 Å². The maximum atomic E-state index is 9.86. The lowest BCUT2D eigenvalue weighted by molar-refractivity contribution is 0.0906. The number of phenolic OH excluding ortho intramolecular Hbond substituents is 2. The van der Waals surface area contributed by atoms with Crippen LogP contribution in [0.4, 0.5) is 0 Å². The molecule has 36 heavy (non-hydrogen) atoms. The fourth-order valence-electron chi connectivity index (χ4n) is 8.70. The van der Waals surface area contributed by atoms with Crippen molar-refractivity contribution in [2.24, 2.45) is 35.5 Å². The Bertz CT molecular complexity index is 977. The molecule has 8 atom stereocenters. The monoisotopic (exact) mass is 490 g/mol. The summed E-state index contributed by atoms with van der Waals surface area (Å²) < 4.78 is 6.20. The molecule has 0 saturated heterocycles. The highest BCUT2D eigenvalue weighted by molar-refractivity contribution is 5.38. The van der Waals surface area contributed by atoms with Crippen LogP contribution in [0.25, 0.3) is 0 Å². The Morgan fingerprint density at radius 2 is 1.08 bits per heavy atom. The van der Waals surface area contributed by atoms with Crippen molar-refractivity contribution in [2.45, 2.75) is 84.5 Å². The highest BCUT2D eigenvalue weighted by Crippen LogP contribution is 2.58. The number of benzene rings is 2. The van der Waals surface area contributed by atoms with E-state index in [9.17, 15) is 10.2 Å². The van der Waals surface area contributed by atoms with E-state index in [-0.39, 0.29) is 7.43 Å². The largest absolute Gasteiger partial charge is 0.508 e. The van der Waals surface area contributed by atoms with Gasteiger partial charge in [-0.05, 0) is 147 Å². The normalized spacial score (nSPS) is 34.3. The molecule has 4 bridgehead atoms. The van der Waals surface area contributed by atoms with Crippen molar-refractivity contribution in [3.63, 3.8) is 0 Å². The first-order chi connectivity index (χ1) is 17.0. The minimum Gasteiger partial charge on any atom is -0.508 e. The lowest BCUT2D eigenvalue weighted by Crippen LogP contribution is -2.20. The van der Waals surface area contributed by atoms with E-state index < -0.39 is 0 Å². The molecule has 3 nitrogen and oxygen atoms in total. The molecule has 4 aliphatic carbocycles. The smallest absolute Gasteiger partial charge is 0.118 e. The summed E-state index contributed by atoms with van der Waals surface area (Å²) >= 11 is 0. The highest BCUT2D eigenvalue weighted by atomic mass is 16.5. The Hall–Kier alpha value is -2.00. The Morgan fingerprint density at radius 3 is 1.44 bits per heavy atom. The van der Waals surface area contributed by atoms with Crippen LogP contribution in [0.2, 0.25) is 0 Å². The summed E-state index contributed by atoms with van der Waals surface area (Å²) in [5.41, 5.74) is 4.90. The predicted octanol–water partition coefficient (Wildman–Crippen LogP) is 8.11. The predicted molar refractivity (Wildman–Crippen MR) is 147 cm³/mol. The van der Waals surface area contributed by atoms with Gasteiger partial charge in [-0.3, -0.25) is 0 Å². The van der Waals surface area contributed by atoms with Gasteiger partial charge in [0.25, 0.3) is 0 Å². The summed E-state index contributed by atoms with van der Waals surface area (Å²) in [5.74, 6) is 7.34. The average Bonchev–Trinajstić information content (AvgIpc) is 3.63. The van der Waals surface area contributed by atoms with Crippen LogP contribution in [-0.4, -0.2) is 23.4 Å². The van der Waals surface area contributed by atoms with E-state index in [1.165, 1.54) is 62.5 Å². The second-order valence-electron chi connectivity index (χ2n) is 12.5. The van der Waals surface area contributed by atoms with Crippen molar-refractivity contribution >= 4 is 0 Å². The van der Waals surface area contributed by atoms with Crippen molar-refractivity contribution in [2.75, 3.05) is 13.2 Å². The zero-order chi connectivity index (χ0) is 24.1. The quantitative estimate of drug-likeness (QED) is 0.367. The Morgan fingerprint density at radius 1 is 0.639 bits per heavy atom. The van der Waals surface area contributed by atoms with Crippen LogP contribution in [0.15, 0.2) is 36.4 Å². The number of ether oxygens (including phenoxy) is 1. The Kier molecular flexibility index (Phi) is 7.41. The van der Waals surface area contributed by atoms with Gasteiger partial charge in [-0.15, -0.1) is 0 Å². The van der Waals surface area contributed by atoms with Crippen LogP contribution in [0, 0.1) is 49.4 Å². The molecular weight excluding hydrogens is 444 g/mol. The Labute approximate surface area is 218 Å². The van der Waals surface area contributed by atoms with Crippen LogP contribution in [0.3, 0.4) is 0 Å². The Balaban J connectivity index is 0.00000267. The van der Waals surface area contributed by atoms with Gasteiger partial charge >= 0.3 is 0 Å². The molecule has 0 spiro atoms. The molecule has 8 unspecified atom stereocenters. The number of rotatable bonds is 8. The van der Waals surface area contributed by atoms with Gasteiger partial charge in [-0.25, -0.2) is 0 Å². The molecule has 4 fully saturated rings. The lowest BCUT2D eigenvalue weighted by atomic mass is 9.77. The van der Waals surface area contributed by atoms with Gasteiger partial charge in [-0.2, -0.15) is 0 Å². The summed E-state index contributed by atoms with van der Waals surface area (Å²) in [6, 6.07) is 12.5. The zero-order valence-corrected chi connectivity index (χ0v) is 21.5. The number of aryl methyl sites for hydroxylation is 2. The van der Waals surface area contributed by atoms with E-state index >= 15 is 0 Å². The lowest BCUT2D eigenvalue weighted by Gasteiger charge is -2.29.